The molecule has 10 heteroatoms. The van der Waals surface area contributed by atoms with Gasteiger partial charge in [-0.25, -0.2) is 0 Å². The molecule has 1 unspecified atom stereocenters. The number of aliphatic hydroxyl groups excluding tert-OH is 1. The Balaban J connectivity index is 1.61. The molecule has 3 aromatic carbocycles. The van der Waals surface area contributed by atoms with Crippen LogP contribution in [0.15, 0.2) is 78.4 Å². The fraction of sp³-hybridized carbons (Fsp3) is 0.267. The molecule has 6 nitrogen and oxygen atoms in total. The molecule has 5 rings (SSSR count). The van der Waals surface area contributed by atoms with Crippen molar-refractivity contribution in [2.24, 2.45) is 0 Å². The summed E-state index contributed by atoms with van der Waals surface area (Å²) in [5.41, 5.74) is 0.0871. The number of Topliss-reactive ketones (excluding diaryl/α,β-unsaturated/α-hetero) is 1. The molecule has 0 aliphatic carbocycles. The zero-order valence-corrected chi connectivity index (χ0v) is 21.9. The Morgan fingerprint density at radius 1 is 1.00 bits per heavy atom. The summed E-state index contributed by atoms with van der Waals surface area (Å²) in [4.78, 5) is 28.2. The topological polar surface area (TPSA) is 76.1 Å². The number of likely N-dealkylation sites (tertiary alicyclic amines) is 1. The zero-order valence-electron chi connectivity index (χ0n) is 21.2. The fourth-order valence-corrected chi connectivity index (χ4v) is 5.24. The maximum Gasteiger partial charge on any atom is 0.416 e. The summed E-state index contributed by atoms with van der Waals surface area (Å²) in [6.07, 6.45) is -3.69. The minimum atomic E-state index is -4.56. The van der Waals surface area contributed by atoms with Crippen molar-refractivity contribution >= 4 is 29.1 Å². The second-order valence-corrected chi connectivity index (χ2v) is 10.0. The molecule has 2 heterocycles. The Morgan fingerprint density at radius 2 is 1.68 bits per heavy atom. The third-order valence-corrected chi connectivity index (χ3v) is 7.29. The largest absolute Gasteiger partial charge is 0.507 e. The molecule has 0 saturated carbocycles. The van der Waals surface area contributed by atoms with E-state index < -0.39 is 41.3 Å². The van der Waals surface area contributed by atoms with E-state index in [0.717, 1.165) is 17.7 Å². The SMILES string of the molecule is O=C1C(=O)N(C2CCOCC2)C(c2ccc(C(F)(F)F)cc2)/C1=C(\O)c1cc(Cl)ccc1OCc1ccccc1. The second kappa shape index (κ2) is 11.3. The molecule has 1 atom stereocenters. The van der Waals surface area contributed by atoms with E-state index in [1.165, 1.54) is 23.1 Å². The maximum absolute atomic E-state index is 13.5. The predicted molar refractivity (Wildman–Crippen MR) is 142 cm³/mol. The highest BCUT2D eigenvalue weighted by Crippen LogP contribution is 2.44. The van der Waals surface area contributed by atoms with Crippen LogP contribution in [-0.4, -0.2) is 41.0 Å². The lowest BCUT2D eigenvalue weighted by Gasteiger charge is -2.35. The van der Waals surface area contributed by atoms with E-state index in [-0.39, 0.29) is 34.1 Å². The van der Waals surface area contributed by atoms with Crippen LogP contribution >= 0.6 is 11.6 Å². The fourth-order valence-electron chi connectivity index (χ4n) is 5.07. The van der Waals surface area contributed by atoms with Crippen LogP contribution < -0.4 is 4.74 Å². The first-order valence-corrected chi connectivity index (χ1v) is 13.0. The lowest BCUT2D eigenvalue weighted by molar-refractivity contribution is -0.142. The van der Waals surface area contributed by atoms with Gasteiger partial charge in [0, 0.05) is 24.3 Å². The number of hydrogen-bond acceptors (Lipinski definition) is 5. The molecule has 0 spiro atoms. The smallest absolute Gasteiger partial charge is 0.416 e. The first-order chi connectivity index (χ1) is 19.1. The Hall–Kier alpha value is -3.82. The third-order valence-electron chi connectivity index (χ3n) is 7.05. The van der Waals surface area contributed by atoms with Crippen molar-refractivity contribution in [2.75, 3.05) is 13.2 Å². The molecular weight excluding hydrogens is 547 g/mol. The van der Waals surface area contributed by atoms with Crippen LogP contribution in [0.1, 0.15) is 41.1 Å². The quantitative estimate of drug-likeness (QED) is 0.207. The Kier molecular flexibility index (Phi) is 7.87. The van der Waals surface area contributed by atoms with Crippen LogP contribution in [0.4, 0.5) is 13.2 Å². The Morgan fingerprint density at radius 3 is 2.33 bits per heavy atom. The van der Waals surface area contributed by atoms with E-state index in [0.29, 0.717) is 26.1 Å². The minimum Gasteiger partial charge on any atom is -0.507 e. The molecule has 40 heavy (non-hydrogen) atoms. The van der Waals surface area contributed by atoms with E-state index in [9.17, 15) is 27.9 Å². The molecule has 208 valence electrons. The molecule has 3 aromatic rings. The van der Waals surface area contributed by atoms with Crippen molar-refractivity contribution in [3.05, 3.63) is 106 Å². The van der Waals surface area contributed by atoms with Gasteiger partial charge in [-0.1, -0.05) is 54.1 Å². The number of rotatable bonds is 6. The average Bonchev–Trinajstić information content (AvgIpc) is 3.22. The maximum atomic E-state index is 13.5. The van der Waals surface area contributed by atoms with Crippen molar-refractivity contribution < 1.29 is 37.3 Å². The Labute approximate surface area is 233 Å². The number of carbonyl (C=O) groups excluding carboxylic acids is 2. The number of hydrogen-bond donors (Lipinski definition) is 1. The van der Waals surface area contributed by atoms with Crippen LogP contribution in [0, 0.1) is 0 Å². The van der Waals surface area contributed by atoms with Gasteiger partial charge >= 0.3 is 6.18 Å². The molecule has 0 aromatic heterocycles. The van der Waals surface area contributed by atoms with Gasteiger partial charge in [0.05, 0.1) is 22.7 Å². The van der Waals surface area contributed by atoms with Crippen LogP contribution in [0.5, 0.6) is 5.75 Å². The van der Waals surface area contributed by atoms with E-state index in [1.807, 2.05) is 30.3 Å². The van der Waals surface area contributed by atoms with Crippen molar-refractivity contribution in [3.63, 3.8) is 0 Å². The van der Waals surface area contributed by atoms with Gasteiger partial charge < -0.3 is 19.5 Å². The number of alkyl halides is 3. The summed E-state index contributed by atoms with van der Waals surface area (Å²) in [7, 11) is 0. The standard InChI is InChI=1S/C30H25ClF3NO5/c31-21-10-11-24(40-17-18-4-2-1-3-5-18)23(16-21)27(36)25-26(19-6-8-20(9-7-19)30(32,33)34)35(29(38)28(25)37)22-12-14-39-15-13-22/h1-11,16,22,26,36H,12-15,17H2/b27-25+. The minimum absolute atomic E-state index is 0.0883. The highest BCUT2D eigenvalue weighted by molar-refractivity contribution is 6.46. The predicted octanol–water partition coefficient (Wildman–Crippen LogP) is 6.54. The summed E-state index contributed by atoms with van der Waals surface area (Å²) in [6.45, 7) is 0.875. The normalized spacial score (nSPS) is 19.7. The van der Waals surface area contributed by atoms with Gasteiger partial charge in [0.1, 0.15) is 18.1 Å². The number of aliphatic hydroxyl groups is 1. The summed E-state index contributed by atoms with van der Waals surface area (Å²) in [6, 6.07) is 16.5. The molecule has 2 fully saturated rings. The molecule has 2 aliphatic rings. The monoisotopic (exact) mass is 571 g/mol. The van der Waals surface area contributed by atoms with Crippen LogP contribution in [0.3, 0.4) is 0 Å². The second-order valence-electron chi connectivity index (χ2n) is 9.58. The molecule has 2 saturated heterocycles. The third kappa shape index (κ3) is 5.57. The molecule has 2 aliphatic heterocycles. The van der Waals surface area contributed by atoms with Gasteiger partial charge in [-0.15, -0.1) is 0 Å². The number of benzene rings is 3. The van der Waals surface area contributed by atoms with Gasteiger partial charge in [0.15, 0.2) is 0 Å². The lowest BCUT2D eigenvalue weighted by Crippen LogP contribution is -2.42. The van der Waals surface area contributed by atoms with Gasteiger partial charge in [0.25, 0.3) is 11.7 Å². The number of nitrogens with zero attached hydrogens (tertiary/aromatic N) is 1. The average molecular weight is 572 g/mol. The van der Waals surface area contributed by atoms with Crippen molar-refractivity contribution in [1.82, 2.24) is 4.90 Å². The Bertz CT molecular complexity index is 1430. The summed E-state index contributed by atoms with van der Waals surface area (Å²) in [5, 5.41) is 11.8. The van der Waals surface area contributed by atoms with Crippen LogP contribution in [0.25, 0.3) is 5.76 Å². The van der Waals surface area contributed by atoms with Gasteiger partial charge in [0.2, 0.25) is 0 Å². The molecule has 1 N–H and O–H groups in total. The van der Waals surface area contributed by atoms with Crippen molar-refractivity contribution in [3.8, 4) is 5.75 Å². The molecular formula is C30H25ClF3NO5. The van der Waals surface area contributed by atoms with Crippen LogP contribution in [0.2, 0.25) is 5.02 Å². The molecule has 0 bridgehead atoms. The highest BCUT2D eigenvalue weighted by Gasteiger charge is 2.49. The van der Waals surface area contributed by atoms with Gasteiger partial charge in [-0.05, 0) is 54.3 Å². The first-order valence-electron chi connectivity index (χ1n) is 12.7. The van der Waals surface area contributed by atoms with E-state index in [2.05, 4.69) is 0 Å². The first kappa shape index (κ1) is 27.7. The summed E-state index contributed by atoms with van der Waals surface area (Å²) < 4.78 is 51.2. The zero-order chi connectivity index (χ0) is 28.4. The van der Waals surface area contributed by atoms with E-state index in [4.69, 9.17) is 21.1 Å². The molecule has 1 amide bonds. The van der Waals surface area contributed by atoms with Crippen molar-refractivity contribution in [2.45, 2.75) is 37.7 Å². The summed E-state index contributed by atoms with van der Waals surface area (Å²) >= 11 is 6.24. The molecule has 0 radical (unpaired) electrons. The number of ketones is 1. The van der Waals surface area contributed by atoms with E-state index >= 15 is 0 Å². The number of carbonyl (C=O) groups is 2. The number of amides is 1. The van der Waals surface area contributed by atoms with Crippen molar-refractivity contribution in [1.29, 1.82) is 0 Å². The van der Waals surface area contributed by atoms with Gasteiger partial charge in [-0.2, -0.15) is 13.2 Å². The summed E-state index contributed by atoms with van der Waals surface area (Å²) in [5.74, 6) is -2.09. The number of halogens is 4. The van der Waals surface area contributed by atoms with Crippen LogP contribution in [-0.2, 0) is 27.1 Å². The van der Waals surface area contributed by atoms with E-state index in [1.54, 1.807) is 12.1 Å². The lowest BCUT2D eigenvalue weighted by atomic mass is 9.93. The highest BCUT2D eigenvalue weighted by atomic mass is 35.5. The van der Waals surface area contributed by atoms with Gasteiger partial charge in [-0.3, -0.25) is 9.59 Å². The number of ether oxygens (including phenoxy) is 2.